The van der Waals surface area contributed by atoms with Gasteiger partial charge in [-0.05, 0) is 24.4 Å². The Kier molecular flexibility index (Phi) is 3.45. The lowest BCUT2D eigenvalue weighted by molar-refractivity contribution is 0.400. The van der Waals surface area contributed by atoms with Crippen molar-refractivity contribution in [2.75, 3.05) is 0 Å². The molecule has 15 heavy (non-hydrogen) atoms. The van der Waals surface area contributed by atoms with Gasteiger partial charge in [-0.2, -0.15) is 4.98 Å². The topological polar surface area (TPSA) is 41.8 Å². The summed E-state index contributed by atoms with van der Waals surface area (Å²) in [5.41, 5.74) is 0. The molecular weight excluding hydrogens is 252 g/mol. The molecule has 0 aliphatic carbocycles. The molecule has 0 unspecified atom stereocenters. The van der Waals surface area contributed by atoms with E-state index in [1.807, 2.05) is 24.3 Å². The fourth-order valence-electron chi connectivity index (χ4n) is 1.03. The van der Waals surface area contributed by atoms with E-state index < -0.39 is 0 Å². The summed E-state index contributed by atoms with van der Waals surface area (Å²) < 4.78 is 4.82. The molecule has 0 radical (unpaired) electrons. The van der Waals surface area contributed by atoms with Crippen molar-refractivity contribution < 1.29 is 4.52 Å². The average molecular weight is 259 g/mol. The Morgan fingerprint density at radius 3 is 2.93 bits per heavy atom. The third-order valence-electron chi connectivity index (χ3n) is 1.68. The lowest BCUT2D eigenvalue weighted by Gasteiger charge is -2.00. The zero-order chi connectivity index (χ0) is 10.7. The van der Waals surface area contributed by atoms with Crippen LogP contribution < -0.4 is 0 Å². The first-order chi connectivity index (χ1) is 7.25. The van der Waals surface area contributed by atoms with Crippen molar-refractivity contribution in [2.45, 2.75) is 10.6 Å². The van der Waals surface area contributed by atoms with Gasteiger partial charge in [0.15, 0.2) is 5.82 Å². The molecule has 0 aliphatic rings. The van der Waals surface area contributed by atoms with Crippen molar-refractivity contribution in [3.63, 3.8) is 0 Å². The van der Waals surface area contributed by atoms with Crippen LogP contribution in [0.5, 0.6) is 0 Å². The second-order valence-corrected chi connectivity index (χ2v) is 4.52. The first kappa shape index (κ1) is 10.7. The molecular formula is C9H7ClN2OS2. The van der Waals surface area contributed by atoms with Crippen molar-refractivity contribution in [3.8, 4) is 0 Å². The number of H-pyrrole nitrogens is 1. The molecule has 2 rings (SSSR count). The molecule has 0 amide bonds. The SMILES string of the molecule is S=c1nc(CSc2ccccc2Cl)[nH]o1. The van der Waals surface area contributed by atoms with Gasteiger partial charge in [0.25, 0.3) is 0 Å². The molecule has 2 aromatic rings. The maximum Gasteiger partial charge on any atom is 0.314 e. The largest absolute Gasteiger partial charge is 0.348 e. The van der Waals surface area contributed by atoms with Gasteiger partial charge in [0.1, 0.15) is 0 Å². The van der Waals surface area contributed by atoms with Gasteiger partial charge in [-0.25, -0.2) is 5.16 Å². The van der Waals surface area contributed by atoms with Crippen molar-refractivity contribution >= 4 is 35.6 Å². The van der Waals surface area contributed by atoms with Crippen molar-refractivity contribution in [2.24, 2.45) is 0 Å². The molecule has 0 saturated heterocycles. The molecule has 6 heteroatoms. The quantitative estimate of drug-likeness (QED) is 0.674. The number of halogens is 1. The number of thioether (sulfide) groups is 1. The smallest absolute Gasteiger partial charge is 0.314 e. The highest BCUT2D eigenvalue weighted by Gasteiger charge is 2.02. The van der Waals surface area contributed by atoms with Gasteiger partial charge in [-0.1, -0.05) is 23.7 Å². The molecule has 1 aromatic heterocycles. The van der Waals surface area contributed by atoms with Crippen LogP contribution in [0.4, 0.5) is 0 Å². The van der Waals surface area contributed by atoms with Gasteiger partial charge in [0, 0.05) is 4.90 Å². The molecule has 1 N–H and O–H groups in total. The van der Waals surface area contributed by atoms with E-state index in [2.05, 4.69) is 10.1 Å². The number of rotatable bonds is 3. The highest BCUT2D eigenvalue weighted by molar-refractivity contribution is 7.98. The van der Waals surface area contributed by atoms with Gasteiger partial charge in [-0.3, -0.25) is 0 Å². The number of hydrogen-bond acceptors (Lipinski definition) is 4. The number of nitrogens with zero attached hydrogens (tertiary/aromatic N) is 1. The maximum atomic E-state index is 6.00. The van der Waals surface area contributed by atoms with E-state index in [0.717, 1.165) is 9.92 Å². The van der Waals surface area contributed by atoms with Crippen LogP contribution in [0, 0.1) is 4.84 Å². The lowest BCUT2D eigenvalue weighted by Crippen LogP contribution is -1.83. The van der Waals surface area contributed by atoms with Crippen LogP contribution in [-0.4, -0.2) is 10.1 Å². The molecule has 0 aliphatic heterocycles. The summed E-state index contributed by atoms with van der Waals surface area (Å²) in [5.74, 6) is 1.37. The van der Waals surface area contributed by atoms with Gasteiger partial charge >= 0.3 is 4.84 Å². The Hall–Kier alpha value is -0.780. The predicted octanol–water partition coefficient (Wildman–Crippen LogP) is 3.68. The maximum absolute atomic E-state index is 6.00. The van der Waals surface area contributed by atoms with Crippen molar-refractivity contribution in [1.82, 2.24) is 10.1 Å². The fourth-order valence-corrected chi connectivity index (χ4v) is 2.28. The minimum Gasteiger partial charge on any atom is -0.348 e. The van der Waals surface area contributed by atoms with Crippen LogP contribution in [0.3, 0.4) is 0 Å². The average Bonchev–Trinajstić information content (AvgIpc) is 2.63. The number of nitrogens with one attached hydrogen (secondary N) is 1. The Morgan fingerprint density at radius 2 is 2.27 bits per heavy atom. The van der Waals surface area contributed by atoms with Crippen molar-refractivity contribution in [1.29, 1.82) is 0 Å². The van der Waals surface area contributed by atoms with E-state index in [4.69, 9.17) is 28.3 Å². The molecule has 0 spiro atoms. The summed E-state index contributed by atoms with van der Waals surface area (Å²) in [4.78, 5) is 5.23. The minimum atomic E-state index is 0.227. The summed E-state index contributed by atoms with van der Waals surface area (Å²) in [6, 6.07) is 7.66. The first-order valence-corrected chi connectivity index (χ1v) is 5.94. The normalized spacial score (nSPS) is 10.5. The van der Waals surface area contributed by atoms with Crippen LogP contribution in [-0.2, 0) is 5.75 Å². The number of hydrogen-bond donors (Lipinski definition) is 1. The Labute approximate surface area is 101 Å². The van der Waals surface area contributed by atoms with Gasteiger partial charge < -0.3 is 4.52 Å². The first-order valence-electron chi connectivity index (χ1n) is 4.17. The molecule has 1 heterocycles. The van der Waals surface area contributed by atoms with E-state index in [9.17, 15) is 0 Å². The Balaban J connectivity index is 2.05. The number of benzene rings is 1. The van der Waals surface area contributed by atoms with Crippen LogP contribution in [0.1, 0.15) is 5.82 Å². The van der Waals surface area contributed by atoms with Crippen LogP contribution in [0.25, 0.3) is 0 Å². The molecule has 0 fully saturated rings. The van der Waals surface area contributed by atoms with Gasteiger partial charge in [-0.15, -0.1) is 11.8 Å². The lowest BCUT2D eigenvalue weighted by atomic mass is 10.4. The molecule has 0 saturated carbocycles. The summed E-state index contributed by atoms with van der Waals surface area (Å²) in [6.45, 7) is 0. The second kappa shape index (κ2) is 4.83. The summed E-state index contributed by atoms with van der Waals surface area (Å²) in [5, 5.41) is 3.38. The minimum absolute atomic E-state index is 0.227. The number of aromatic nitrogens is 2. The molecule has 78 valence electrons. The van der Waals surface area contributed by atoms with Crippen molar-refractivity contribution in [3.05, 3.63) is 39.9 Å². The Bertz CT molecular complexity index is 509. The highest BCUT2D eigenvalue weighted by Crippen LogP contribution is 2.28. The second-order valence-electron chi connectivity index (χ2n) is 2.75. The van der Waals surface area contributed by atoms with Gasteiger partial charge in [0.05, 0.1) is 10.8 Å². The Morgan fingerprint density at radius 1 is 1.47 bits per heavy atom. The molecule has 0 bridgehead atoms. The van der Waals surface area contributed by atoms with E-state index in [0.29, 0.717) is 11.6 Å². The third kappa shape index (κ3) is 2.84. The van der Waals surface area contributed by atoms with E-state index in [1.165, 1.54) is 0 Å². The number of aromatic amines is 1. The predicted molar refractivity (Wildman–Crippen MR) is 62.7 cm³/mol. The summed E-state index contributed by atoms with van der Waals surface area (Å²) in [6.07, 6.45) is 0. The van der Waals surface area contributed by atoms with Crippen LogP contribution in [0.15, 0.2) is 33.7 Å². The van der Waals surface area contributed by atoms with Crippen LogP contribution in [0.2, 0.25) is 5.02 Å². The summed E-state index contributed by atoms with van der Waals surface area (Å²) >= 11 is 12.3. The van der Waals surface area contributed by atoms with Gasteiger partial charge in [0.2, 0.25) is 0 Å². The molecule has 1 aromatic carbocycles. The zero-order valence-corrected chi connectivity index (χ0v) is 9.96. The third-order valence-corrected chi connectivity index (χ3v) is 3.38. The van der Waals surface area contributed by atoms with Crippen LogP contribution >= 0.6 is 35.6 Å². The van der Waals surface area contributed by atoms with E-state index in [1.54, 1.807) is 11.8 Å². The summed E-state index contributed by atoms with van der Waals surface area (Å²) in [7, 11) is 0. The molecule has 3 nitrogen and oxygen atoms in total. The van der Waals surface area contributed by atoms with E-state index >= 15 is 0 Å². The zero-order valence-electron chi connectivity index (χ0n) is 7.57. The molecule has 0 atom stereocenters. The highest BCUT2D eigenvalue weighted by atomic mass is 35.5. The fraction of sp³-hybridized carbons (Fsp3) is 0.111. The van der Waals surface area contributed by atoms with E-state index in [-0.39, 0.29) is 4.84 Å². The monoisotopic (exact) mass is 258 g/mol. The standard InChI is InChI=1S/C9H7ClN2OS2/c10-6-3-1-2-4-7(6)15-5-8-11-9(14)13-12-8/h1-4H,5H2,(H,11,12,14).